The molecule has 15 heavy (non-hydrogen) atoms. The van der Waals surface area contributed by atoms with Crippen LogP contribution in [0, 0.1) is 5.82 Å². The maximum absolute atomic E-state index is 13.4. The van der Waals surface area contributed by atoms with Crippen LogP contribution in [0.25, 0.3) is 0 Å². The van der Waals surface area contributed by atoms with E-state index in [0.717, 1.165) is 0 Å². The van der Waals surface area contributed by atoms with Crippen LogP contribution in [-0.4, -0.2) is 11.9 Å². The van der Waals surface area contributed by atoms with Crippen molar-refractivity contribution in [3.63, 3.8) is 0 Å². The van der Waals surface area contributed by atoms with Crippen molar-refractivity contribution in [2.24, 2.45) is 0 Å². The molecule has 1 saturated carbocycles. The third-order valence-corrected chi connectivity index (χ3v) is 2.70. The Bertz CT molecular complexity index is 392. The third-order valence-electron chi connectivity index (χ3n) is 2.41. The first-order valence-corrected chi connectivity index (χ1v) is 5.17. The highest BCUT2D eigenvalue weighted by atomic mass is 35.5. The summed E-state index contributed by atoms with van der Waals surface area (Å²) in [5.74, 6) is -0.261. The molecule has 4 heteroatoms. The third kappa shape index (κ3) is 2.29. The number of Topliss-reactive ketones (excluding diaryl/α,β-unsaturated/α-hetero) is 1. The number of hydrogen-bond donors (Lipinski definition) is 0. The van der Waals surface area contributed by atoms with Gasteiger partial charge in [-0.25, -0.2) is 4.39 Å². The van der Waals surface area contributed by atoms with E-state index in [9.17, 15) is 9.18 Å². The predicted molar refractivity (Wildman–Crippen MR) is 54.7 cm³/mol. The highest BCUT2D eigenvalue weighted by Gasteiger charge is 2.24. The van der Waals surface area contributed by atoms with Gasteiger partial charge in [0.25, 0.3) is 0 Å². The molecule has 0 aliphatic heterocycles. The monoisotopic (exact) mass is 228 g/mol. The lowest BCUT2D eigenvalue weighted by Crippen LogP contribution is -2.13. The van der Waals surface area contributed by atoms with E-state index in [1.54, 1.807) is 6.07 Å². The maximum atomic E-state index is 13.4. The Hall–Kier alpha value is -1.09. The Morgan fingerprint density at radius 2 is 2.27 bits per heavy atom. The van der Waals surface area contributed by atoms with Crippen LogP contribution in [0.2, 0.25) is 5.02 Å². The molecule has 0 amide bonds. The fourth-order valence-corrected chi connectivity index (χ4v) is 1.80. The van der Waals surface area contributed by atoms with Crippen molar-refractivity contribution < 1.29 is 13.9 Å². The zero-order valence-corrected chi connectivity index (χ0v) is 8.76. The predicted octanol–water partition coefficient (Wildman–Crippen LogP) is 2.98. The summed E-state index contributed by atoms with van der Waals surface area (Å²) >= 11 is 5.61. The molecule has 0 N–H and O–H groups in total. The number of carbonyl (C=O) groups excluding carboxylic acids is 1. The van der Waals surface area contributed by atoms with Crippen molar-refractivity contribution in [2.45, 2.75) is 25.4 Å². The van der Waals surface area contributed by atoms with Gasteiger partial charge in [-0.15, -0.1) is 0 Å². The fourth-order valence-electron chi connectivity index (χ4n) is 1.64. The average molecular weight is 229 g/mol. The quantitative estimate of drug-likeness (QED) is 0.778. The molecule has 0 aromatic heterocycles. The van der Waals surface area contributed by atoms with Gasteiger partial charge >= 0.3 is 0 Å². The lowest BCUT2D eigenvalue weighted by atomic mass is 10.3. The van der Waals surface area contributed by atoms with Gasteiger partial charge in [-0.2, -0.15) is 0 Å². The van der Waals surface area contributed by atoms with Gasteiger partial charge in [0, 0.05) is 12.8 Å². The highest BCUT2D eigenvalue weighted by Crippen LogP contribution is 2.28. The van der Waals surface area contributed by atoms with Crippen molar-refractivity contribution in [1.29, 1.82) is 0 Å². The summed E-state index contributed by atoms with van der Waals surface area (Å²) in [7, 11) is 0. The molecule has 2 rings (SSSR count). The second-order valence-corrected chi connectivity index (χ2v) is 3.98. The molecular formula is C11H10ClFO2. The molecular weight excluding hydrogens is 219 g/mol. The van der Waals surface area contributed by atoms with E-state index < -0.39 is 5.82 Å². The number of halogens is 2. The molecule has 80 valence electrons. The minimum Gasteiger partial charge on any atom is -0.487 e. The number of rotatable bonds is 2. The summed E-state index contributed by atoms with van der Waals surface area (Å²) in [5.41, 5.74) is 0. The molecule has 0 heterocycles. The van der Waals surface area contributed by atoms with Crippen LogP contribution in [0.15, 0.2) is 18.2 Å². The molecule has 0 bridgehead atoms. The Kier molecular flexibility index (Phi) is 2.91. The average Bonchev–Trinajstić information content (AvgIpc) is 2.59. The van der Waals surface area contributed by atoms with Crippen LogP contribution >= 0.6 is 11.6 Å². The standard InChI is InChI=1S/C11H10ClFO2/c12-9-2-1-3-10(11(9)13)15-8-5-4-7(14)6-8/h1-3,8H,4-6H2. The molecule has 1 aliphatic rings. The van der Waals surface area contributed by atoms with Crippen LogP contribution in [0.5, 0.6) is 5.75 Å². The maximum Gasteiger partial charge on any atom is 0.183 e. The van der Waals surface area contributed by atoms with E-state index in [2.05, 4.69) is 0 Å². The van der Waals surface area contributed by atoms with Gasteiger partial charge in [0.2, 0.25) is 0 Å². The van der Waals surface area contributed by atoms with Gasteiger partial charge in [-0.1, -0.05) is 17.7 Å². The van der Waals surface area contributed by atoms with Crippen molar-refractivity contribution in [3.05, 3.63) is 29.0 Å². The number of benzene rings is 1. The largest absolute Gasteiger partial charge is 0.487 e. The first-order chi connectivity index (χ1) is 7.16. The van der Waals surface area contributed by atoms with Crippen molar-refractivity contribution in [2.75, 3.05) is 0 Å². The Morgan fingerprint density at radius 3 is 2.93 bits per heavy atom. The Balaban J connectivity index is 2.11. The summed E-state index contributed by atoms with van der Waals surface area (Å²) in [4.78, 5) is 11.0. The van der Waals surface area contributed by atoms with E-state index in [1.165, 1.54) is 12.1 Å². The Morgan fingerprint density at radius 1 is 1.47 bits per heavy atom. The number of carbonyl (C=O) groups is 1. The summed E-state index contributed by atoms with van der Waals surface area (Å²) in [5, 5.41) is 0.0387. The van der Waals surface area contributed by atoms with Gasteiger partial charge in [0.1, 0.15) is 11.9 Å². The molecule has 2 nitrogen and oxygen atoms in total. The smallest absolute Gasteiger partial charge is 0.183 e. The van der Waals surface area contributed by atoms with Crippen molar-refractivity contribution in [1.82, 2.24) is 0 Å². The molecule has 1 unspecified atom stereocenters. The number of hydrogen-bond acceptors (Lipinski definition) is 2. The van der Waals surface area contributed by atoms with Crippen LogP contribution < -0.4 is 4.74 Å². The zero-order valence-electron chi connectivity index (χ0n) is 8.00. The molecule has 0 radical (unpaired) electrons. The van der Waals surface area contributed by atoms with Gasteiger partial charge < -0.3 is 4.74 Å². The lowest BCUT2D eigenvalue weighted by Gasteiger charge is -2.13. The second-order valence-electron chi connectivity index (χ2n) is 3.57. The minimum absolute atomic E-state index is 0.0387. The van der Waals surface area contributed by atoms with E-state index in [4.69, 9.17) is 16.3 Å². The van der Waals surface area contributed by atoms with E-state index in [0.29, 0.717) is 19.3 Å². The first-order valence-electron chi connectivity index (χ1n) is 4.79. The molecule has 1 aliphatic carbocycles. The molecule has 0 spiro atoms. The topological polar surface area (TPSA) is 26.3 Å². The van der Waals surface area contributed by atoms with E-state index in [1.807, 2.05) is 0 Å². The van der Waals surface area contributed by atoms with Crippen LogP contribution in [0.3, 0.4) is 0 Å². The highest BCUT2D eigenvalue weighted by molar-refractivity contribution is 6.30. The lowest BCUT2D eigenvalue weighted by molar-refractivity contribution is -0.117. The summed E-state index contributed by atoms with van der Waals surface area (Å²) in [6, 6.07) is 4.60. The first kappa shape index (κ1) is 10.4. The molecule has 0 saturated heterocycles. The SMILES string of the molecule is O=C1CCC(Oc2cccc(Cl)c2F)C1. The summed E-state index contributed by atoms with van der Waals surface area (Å²) < 4.78 is 18.8. The molecule has 1 atom stereocenters. The fraction of sp³-hybridized carbons (Fsp3) is 0.364. The van der Waals surface area contributed by atoms with Gasteiger partial charge in [0.05, 0.1) is 5.02 Å². The van der Waals surface area contributed by atoms with E-state index >= 15 is 0 Å². The van der Waals surface area contributed by atoms with Crippen molar-refractivity contribution >= 4 is 17.4 Å². The van der Waals surface area contributed by atoms with Crippen LogP contribution in [-0.2, 0) is 4.79 Å². The molecule has 1 aromatic carbocycles. The normalized spacial score (nSPS) is 20.7. The number of ketones is 1. The van der Waals surface area contributed by atoms with Crippen LogP contribution in [0.4, 0.5) is 4.39 Å². The molecule has 1 fully saturated rings. The van der Waals surface area contributed by atoms with Crippen LogP contribution in [0.1, 0.15) is 19.3 Å². The zero-order chi connectivity index (χ0) is 10.8. The van der Waals surface area contributed by atoms with Gasteiger partial charge in [-0.3, -0.25) is 4.79 Å². The second kappa shape index (κ2) is 4.19. The summed E-state index contributed by atoms with van der Waals surface area (Å²) in [6.45, 7) is 0. The van der Waals surface area contributed by atoms with Gasteiger partial charge in [-0.05, 0) is 18.6 Å². The minimum atomic E-state index is -0.557. The van der Waals surface area contributed by atoms with Crippen molar-refractivity contribution in [3.8, 4) is 5.75 Å². The summed E-state index contributed by atoms with van der Waals surface area (Å²) in [6.07, 6.45) is 1.34. The van der Waals surface area contributed by atoms with E-state index in [-0.39, 0.29) is 22.7 Å². The Labute approximate surface area is 92.0 Å². The van der Waals surface area contributed by atoms with Gasteiger partial charge in [0.15, 0.2) is 11.6 Å². The molecule has 1 aromatic rings. The number of ether oxygens (including phenoxy) is 1.